The summed E-state index contributed by atoms with van der Waals surface area (Å²) in [6.45, 7) is 3.54. The molecule has 0 radical (unpaired) electrons. The SMILES string of the molecule is CCn1c(C(C)=O)cc(Br)c1[N+](=O)[O-]. The molecule has 0 amide bonds. The minimum atomic E-state index is -0.500. The van der Waals surface area contributed by atoms with Gasteiger partial charge >= 0.3 is 5.82 Å². The Bertz CT molecular complexity index is 398. The molecule has 0 aromatic carbocycles. The maximum atomic E-state index is 11.1. The second kappa shape index (κ2) is 3.91. The van der Waals surface area contributed by atoms with Gasteiger partial charge in [0.15, 0.2) is 11.5 Å². The molecule has 5 nitrogen and oxygen atoms in total. The molecule has 76 valence electrons. The Hall–Kier alpha value is -1.17. The van der Waals surface area contributed by atoms with Crippen molar-refractivity contribution in [3.63, 3.8) is 0 Å². The Morgan fingerprint density at radius 3 is 2.64 bits per heavy atom. The number of nitrogens with zero attached hydrogens (tertiary/aromatic N) is 2. The first-order valence-corrected chi connectivity index (χ1v) is 4.82. The van der Waals surface area contributed by atoms with Crippen molar-refractivity contribution in [1.82, 2.24) is 4.57 Å². The Labute approximate surface area is 89.0 Å². The van der Waals surface area contributed by atoms with E-state index in [1.165, 1.54) is 17.6 Å². The normalized spacial score (nSPS) is 10.2. The molecule has 0 saturated heterocycles. The Kier molecular flexibility index (Phi) is 3.05. The molecule has 0 spiro atoms. The third-order valence-corrected chi connectivity index (χ3v) is 2.46. The average Bonchev–Trinajstić information content (AvgIpc) is 2.41. The average molecular weight is 261 g/mol. The Balaban J connectivity index is 3.43. The molecule has 0 unspecified atom stereocenters. The zero-order valence-corrected chi connectivity index (χ0v) is 9.37. The highest BCUT2D eigenvalue weighted by Crippen LogP contribution is 2.29. The van der Waals surface area contributed by atoms with E-state index in [1.807, 2.05) is 0 Å². The van der Waals surface area contributed by atoms with Crippen molar-refractivity contribution in [2.45, 2.75) is 20.4 Å². The van der Waals surface area contributed by atoms with Gasteiger partial charge in [-0.1, -0.05) is 0 Å². The fourth-order valence-corrected chi connectivity index (χ4v) is 1.88. The molecule has 0 saturated carbocycles. The van der Waals surface area contributed by atoms with Crippen LogP contribution in [0.1, 0.15) is 24.3 Å². The molecule has 14 heavy (non-hydrogen) atoms. The lowest BCUT2D eigenvalue weighted by atomic mass is 10.3. The smallest absolute Gasteiger partial charge is 0.337 e. The van der Waals surface area contributed by atoms with Gasteiger partial charge in [-0.15, -0.1) is 0 Å². The van der Waals surface area contributed by atoms with E-state index in [9.17, 15) is 14.9 Å². The second-order valence-corrected chi connectivity index (χ2v) is 3.61. The molecule has 1 rings (SSSR count). The van der Waals surface area contributed by atoms with Gasteiger partial charge in [-0.25, -0.2) is 4.57 Å². The third kappa shape index (κ3) is 1.70. The zero-order valence-electron chi connectivity index (χ0n) is 7.78. The molecule has 0 N–H and O–H groups in total. The van der Waals surface area contributed by atoms with Crippen LogP contribution in [0, 0.1) is 10.1 Å². The molecule has 0 atom stereocenters. The van der Waals surface area contributed by atoms with Gasteiger partial charge in [-0.05, 0) is 27.8 Å². The van der Waals surface area contributed by atoms with Gasteiger partial charge in [0.25, 0.3) is 0 Å². The first-order chi connectivity index (χ1) is 6.49. The van der Waals surface area contributed by atoms with Crippen molar-refractivity contribution in [2.75, 3.05) is 0 Å². The van der Waals surface area contributed by atoms with E-state index in [2.05, 4.69) is 15.9 Å². The van der Waals surface area contributed by atoms with Gasteiger partial charge in [-0.2, -0.15) is 0 Å². The summed E-state index contributed by atoms with van der Waals surface area (Å²) < 4.78 is 1.72. The predicted octanol–water partition coefficient (Wildman–Crippen LogP) is 2.38. The van der Waals surface area contributed by atoms with E-state index in [-0.39, 0.29) is 11.6 Å². The highest BCUT2D eigenvalue weighted by atomic mass is 79.9. The Morgan fingerprint density at radius 2 is 2.29 bits per heavy atom. The molecule has 0 aliphatic carbocycles. The van der Waals surface area contributed by atoms with Crippen molar-refractivity contribution in [2.24, 2.45) is 0 Å². The van der Waals surface area contributed by atoms with Crippen molar-refractivity contribution in [3.05, 3.63) is 26.3 Å². The minimum Gasteiger partial charge on any atom is -0.358 e. The molecule has 1 heterocycles. The molecule has 1 aromatic rings. The van der Waals surface area contributed by atoms with Crippen LogP contribution in [0.15, 0.2) is 10.5 Å². The van der Waals surface area contributed by atoms with Crippen molar-refractivity contribution in [3.8, 4) is 0 Å². The number of ketones is 1. The zero-order chi connectivity index (χ0) is 10.9. The number of rotatable bonds is 3. The molecule has 0 aliphatic rings. The number of carbonyl (C=O) groups is 1. The highest BCUT2D eigenvalue weighted by Gasteiger charge is 2.24. The van der Waals surface area contributed by atoms with Crippen LogP contribution in [0.4, 0.5) is 5.82 Å². The van der Waals surface area contributed by atoms with Crippen molar-refractivity contribution >= 4 is 27.5 Å². The molecular weight excluding hydrogens is 252 g/mol. The first kappa shape index (κ1) is 10.9. The maximum Gasteiger partial charge on any atom is 0.337 e. The van der Waals surface area contributed by atoms with E-state index in [1.54, 1.807) is 6.92 Å². The monoisotopic (exact) mass is 260 g/mol. The number of nitro groups is 1. The lowest BCUT2D eigenvalue weighted by Gasteiger charge is -2.00. The lowest BCUT2D eigenvalue weighted by Crippen LogP contribution is -2.07. The minimum absolute atomic E-state index is 0.0716. The van der Waals surface area contributed by atoms with Gasteiger partial charge in [0.1, 0.15) is 4.47 Å². The van der Waals surface area contributed by atoms with E-state index >= 15 is 0 Å². The van der Waals surface area contributed by atoms with Gasteiger partial charge < -0.3 is 10.1 Å². The quantitative estimate of drug-likeness (QED) is 0.476. The van der Waals surface area contributed by atoms with Crippen LogP contribution in [-0.4, -0.2) is 15.3 Å². The summed E-state index contributed by atoms with van der Waals surface area (Å²) >= 11 is 3.06. The highest BCUT2D eigenvalue weighted by molar-refractivity contribution is 9.10. The fraction of sp³-hybridized carbons (Fsp3) is 0.375. The third-order valence-electron chi connectivity index (χ3n) is 1.87. The summed E-state index contributed by atoms with van der Waals surface area (Å²) in [5, 5.41) is 10.7. The maximum absolute atomic E-state index is 11.1. The number of Topliss-reactive ketones (excluding diaryl/α,β-unsaturated/α-hetero) is 1. The van der Waals surface area contributed by atoms with Crippen LogP contribution in [-0.2, 0) is 6.54 Å². The van der Waals surface area contributed by atoms with Crippen LogP contribution < -0.4 is 0 Å². The summed E-state index contributed by atoms with van der Waals surface area (Å²) in [5.74, 6) is -0.252. The molecule has 0 fully saturated rings. The number of aromatic nitrogens is 1. The van der Waals surface area contributed by atoms with Gasteiger partial charge in [-0.3, -0.25) is 4.79 Å². The number of halogens is 1. The predicted molar refractivity (Wildman–Crippen MR) is 54.5 cm³/mol. The van der Waals surface area contributed by atoms with E-state index in [0.29, 0.717) is 16.7 Å². The van der Waals surface area contributed by atoms with Crippen LogP contribution in [0.25, 0.3) is 0 Å². The largest absolute Gasteiger partial charge is 0.358 e. The second-order valence-electron chi connectivity index (χ2n) is 2.76. The van der Waals surface area contributed by atoms with Crippen LogP contribution >= 0.6 is 15.9 Å². The van der Waals surface area contributed by atoms with Gasteiger partial charge in [0.05, 0.1) is 6.54 Å². The fourth-order valence-electron chi connectivity index (χ4n) is 1.30. The summed E-state index contributed by atoms with van der Waals surface area (Å²) in [6.07, 6.45) is 0. The molecule has 0 aliphatic heterocycles. The Morgan fingerprint density at radius 1 is 1.71 bits per heavy atom. The standard InChI is InChI=1S/C8H9BrN2O3/c1-3-10-7(5(2)12)4-6(9)8(10)11(13)14/h4H,3H2,1-2H3. The lowest BCUT2D eigenvalue weighted by molar-refractivity contribution is -0.392. The molecular formula is C8H9BrN2O3. The van der Waals surface area contributed by atoms with Crippen molar-refractivity contribution in [1.29, 1.82) is 0 Å². The van der Waals surface area contributed by atoms with E-state index in [4.69, 9.17) is 0 Å². The van der Waals surface area contributed by atoms with Gasteiger partial charge in [0.2, 0.25) is 0 Å². The number of hydrogen-bond acceptors (Lipinski definition) is 3. The molecule has 0 bridgehead atoms. The summed E-state index contributed by atoms with van der Waals surface area (Å²) in [5.41, 5.74) is 0.353. The molecule has 1 aromatic heterocycles. The van der Waals surface area contributed by atoms with Gasteiger partial charge in [0, 0.05) is 13.0 Å². The van der Waals surface area contributed by atoms with Crippen LogP contribution in [0.2, 0.25) is 0 Å². The van der Waals surface area contributed by atoms with Crippen LogP contribution in [0.5, 0.6) is 0 Å². The number of carbonyl (C=O) groups excluding carboxylic acids is 1. The summed E-state index contributed by atoms with van der Waals surface area (Å²) in [6, 6.07) is 1.48. The van der Waals surface area contributed by atoms with E-state index in [0.717, 1.165) is 0 Å². The van der Waals surface area contributed by atoms with Crippen molar-refractivity contribution < 1.29 is 9.72 Å². The summed E-state index contributed by atoms with van der Waals surface area (Å²) in [4.78, 5) is 21.3. The van der Waals surface area contributed by atoms with E-state index < -0.39 is 4.92 Å². The first-order valence-electron chi connectivity index (χ1n) is 4.03. The summed E-state index contributed by atoms with van der Waals surface area (Å²) in [7, 11) is 0. The molecule has 6 heteroatoms. The number of hydrogen-bond donors (Lipinski definition) is 0. The topological polar surface area (TPSA) is 65.1 Å². The van der Waals surface area contributed by atoms with Crippen LogP contribution in [0.3, 0.4) is 0 Å².